The molecule has 18 heavy (non-hydrogen) atoms. The maximum absolute atomic E-state index is 11.6. The van der Waals surface area contributed by atoms with E-state index in [1.54, 1.807) is 12.1 Å². The molecule has 1 unspecified atom stereocenters. The molecule has 0 saturated carbocycles. The zero-order valence-corrected chi connectivity index (χ0v) is 10.1. The number of carbonyl (C=O) groups is 1. The second-order valence-corrected chi connectivity index (χ2v) is 4.09. The molecule has 0 aromatic heterocycles. The van der Waals surface area contributed by atoms with Gasteiger partial charge >= 0.3 is 0 Å². The van der Waals surface area contributed by atoms with Crippen LogP contribution in [0.5, 0.6) is 11.5 Å². The third-order valence-electron chi connectivity index (χ3n) is 2.68. The zero-order chi connectivity index (χ0) is 13.1. The summed E-state index contributed by atoms with van der Waals surface area (Å²) in [5, 5.41) is 11.5. The Morgan fingerprint density at radius 2 is 2.06 bits per heavy atom. The van der Waals surface area contributed by atoms with Crippen LogP contribution in [-0.2, 0) is 4.79 Å². The molecule has 1 heterocycles. The van der Waals surface area contributed by atoms with Crippen molar-refractivity contribution >= 4 is 11.6 Å². The summed E-state index contributed by atoms with van der Waals surface area (Å²) in [5.74, 6) is 0.834. The van der Waals surface area contributed by atoms with E-state index in [2.05, 4.69) is 5.32 Å². The third kappa shape index (κ3) is 2.55. The summed E-state index contributed by atoms with van der Waals surface area (Å²) < 4.78 is 10.9. The van der Waals surface area contributed by atoms with Gasteiger partial charge in [0.05, 0.1) is 6.61 Å². The van der Waals surface area contributed by atoms with Gasteiger partial charge in [-0.1, -0.05) is 0 Å². The minimum Gasteiger partial charge on any atom is -0.486 e. The number of aliphatic hydroxyl groups excluding tert-OH is 1. The van der Waals surface area contributed by atoms with Gasteiger partial charge in [-0.15, -0.1) is 0 Å². The summed E-state index contributed by atoms with van der Waals surface area (Å²) in [7, 11) is 0. The number of amides is 1. The van der Waals surface area contributed by atoms with E-state index in [4.69, 9.17) is 20.3 Å². The summed E-state index contributed by atoms with van der Waals surface area (Å²) >= 11 is 0. The number of carbonyl (C=O) groups excluding carboxylic acids is 1. The molecule has 1 aromatic rings. The molecule has 6 nitrogen and oxygen atoms in total. The van der Waals surface area contributed by atoms with Gasteiger partial charge in [-0.2, -0.15) is 0 Å². The number of hydrogen-bond donors (Lipinski definition) is 3. The first-order chi connectivity index (χ1) is 8.61. The Labute approximate surface area is 105 Å². The van der Waals surface area contributed by atoms with Crippen molar-refractivity contribution in [3.05, 3.63) is 17.7 Å². The molecule has 1 aliphatic rings. The Morgan fingerprint density at radius 1 is 1.44 bits per heavy atom. The van der Waals surface area contributed by atoms with Crippen molar-refractivity contribution in [3.63, 3.8) is 0 Å². The van der Waals surface area contributed by atoms with Crippen molar-refractivity contribution in [2.75, 3.05) is 25.1 Å². The van der Waals surface area contributed by atoms with Crippen LogP contribution in [0.4, 0.5) is 5.69 Å². The maximum Gasteiger partial charge on any atom is 0.243 e. The first-order valence-corrected chi connectivity index (χ1v) is 5.69. The lowest BCUT2D eigenvalue weighted by Crippen LogP contribution is -2.38. The highest BCUT2D eigenvalue weighted by Crippen LogP contribution is 2.35. The van der Waals surface area contributed by atoms with Crippen molar-refractivity contribution < 1.29 is 19.4 Å². The monoisotopic (exact) mass is 252 g/mol. The number of aryl methyl sites for hydroxylation is 1. The molecule has 2 rings (SSSR count). The van der Waals surface area contributed by atoms with Crippen LogP contribution in [0.1, 0.15) is 5.56 Å². The van der Waals surface area contributed by atoms with Crippen molar-refractivity contribution in [1.29, 1.82) is 0 Å². The van der Waals surface area contributed by atoms with Gasteiger partial charge in [-0.05, 0) is 18.6 Å². The van der Waals surface area contributed by atoms with Crippen LogP contribution in [0.15, 0.2) is 12.1 Å². The SMILES string of the molecule is Cc1cc2c(cc1NC(=O)C(N)CO)OCCO2. The van der Waals surface area contributed by atoms with Gasteiger partial charge in [0.1, 0.15) is 19.3 Å². The first kappa shape index (κ1) is 12.7. The number of hydrogen-bond acceptors (Lipinski definition) is 5. The van der Waals surface area contributed by atoms with E-state index >= 15 is 0 Å². The van der Waals surface area contributed by atoms with Crippen molar-refractivity contribution in [3.8, 4) is 11.5 Å². The number of benzene rings is 1. The summed E-state index contributed by atoms with van der Waals surface area (Å²) in [6.07, 6.45) is 0. The summed E-state index contributed by atoms with van der Waals surface area (Å²) in [4.78, 5) is 11.6. The molecule has 0 bridgehead atoms. The Kier molecular flexibility index (Phi) is 3.69. The lowest BCUT2D eigenvalue weighted by molar-refractivity contribution is -0.118. The quantitative estimate of drug-likeness (QED) is 0.705. The van der Waals surface area contributed by atoms with Crippen LogP contribution >= 0.6 is 0 Å². The number of anilines is 1. The molecule has 1 aromatic carbocycles. The molecule has 1 amide bonds. The smallest absolute Gasteiger partial charge is 0.243 e. The van der Waals surface area contributed by atoms with E-state index in [0.717, 1.165) is 5.56 Å². The fraction of sp³-hybridized carbons (Fsp3) is 0.417. The lowest BCUT2D eigenvalue weighted by atomic mass is 10.1. The third-order valence-corrected chi connectivity index (χ3v) is 2.68. The van der Waals surface area contributed by atoms with E-state index in [0.29, 0.717) is 30.4 Å². The van der Waals surface area contributed by atoms with E-state index in [1.165, 1.54) is 0 Å². The van der Waals surface area contributed by atoms with Gasteiger partial charge in [0.25, 0.3) is 0 Å². The van der Waals surface area contributed by atoms with Crippen LogP contribution < -0.4 is 20.5 Å². The molecule has 4 N–H and O–H groups in total. The van der Waals surface area contributed by atoms with Crippen LogP contribution in [0.3, 0.4) is 0 Å². The van der Waals surface area contributed by atoms with Crippen LogP contribution in [0.25, 0.3) is 0 Å². The number of nitrogens with two attached hydrogens (primary N) is 1. The van der Waals surface area contributed by atoms with Gasteiger partial charge < -0.3 is 25.6 Å². The molecular formula is C12H16N2O4. The fourth-order valence-electron chi connectivity index (χ4n) is 1.63. The Balaban J connectivity index is 2.20. The van der Waals surface area contributed by atoms with E-state index in [-0.39, 0.29) is 0 Å². The highest BCUT2D eigenvalue weighted by molar-refractivity contribution is 5.95. The van der Waals surface area contributed by atoms with Gasteiger partial charge in [-0.3, -0.25) is 4.79 Å². The summed E-state index contributed by atoms with van der Waals surface area (Å²) in [6.45, 7) is 2.46. The topological polar surface area (TPSA) is 93.8 Å². The standard InChI is InChI=1S/C12H16N2O4/c1-7-4-10-11(18-3-2-17-10)5-9(7)14-12(16)8(13)6-15/h4-5,8,15H,2-3,6,13H2,1H3,(H,14,16). The van der Waals surface area contributed by atoms with Crippen molar-refractivity contribution in [2.45, 2.75) is 13.0 Å². The van der Waals surface area contributed by atoms with Crippen LogP contribution in [0.2, 0.25) is 0 Å². The zero-order valence-electron chi connectivity index (χ0n) is 10.1. The molecule has 0 spiro atoms. The minimum absolute atomic E-state index is 0.393. The largest absolute Gasteiger partial charge is 0.486 e. The molecular weight excluding hydrogens is 236 g/mol. The molecule has 6 heteroatoms. The maximum atomic E-state index is 11.6. The van der Waals surface area contributed by atoms with E-state index in [9.17, 15) is 4.79 Å². The first-order valence-electron chi connectivity index (χ1n) is 5.69. The number of rotatable bonds is 3. The number of nitrogens with one attached hydrogen (secondary N) is 1. The molecule has 0 fully saturated rings. The van der Waals surface area contributed by atoms with Crippen molar-refractivity contribution in [2.24, 2.45) is 5.73 Å². The van der Waals surface area contributed by atoms with Crippen LogP contribution in [0, 0.1) is 6.92 Å². The van der Waals surface area contributed by atoms with E-state index < -0.39 is 18.6 Å². The number of ether oxygens (including phenoxy) is 2. The highest BCUT2D eigenvalue weighted by Gasteiger charge is 2.17. The van der Waals surface area contributed by atoms with Crippen LogP contribution in [-0.4, -0.2) is 36.9 Å². The summed E-state index contributed by atoms with van der Waals surface area (Å²) in [5.41, 5.74) is 6.88. The van der Waals surface area contributed by atoms with Gasteiger partial charge in [0.2, 0.25) is 5.91 Å². The molecule has 98 valence electrons. The molecule has 1 atom stereocenters. The summed E-state index contributed by atoms with van der Waals surface area (Å²) in [6, 6.07) is 2.57. The number of aliphatic hydroxyl groups is 1. The predicted octanol–water partition coefficient (Wildman–Crippen LogP) is 0.0243. The Hall–Kier alpha value is -1.79. The van der Waals surface area contributed by atoms with Gasteiger partial charge in [-0.25, -0.2) is 0 Å². The lowest BCUT2D eigenvalue weighted by Gasteiger charge is -2.21. The van der Waals surface area contributed by atoms with Crippen molar-refractivity contribution in [1.82, 2.24) is 0 Å². The molecule has 1 aliphatic heterocycles. The fourth-order valence-corrected chi connectivity index (χ4v) is 1.63. The average Bonchev–Trinajstić information content (AvgIpc) is 2.38. The molecule has 0 radical (unpaired) electrons. The second kappa shape index (κ2) is 5.24. The number of fused-ring (bicyclic) bond motifs is 1. The molecule has 0 saturated heterocycles. The molecule has 0 aliphatic carbocycles. The average molecular weight is 252 g/mol. The second-order valence-electron chi connectivity index (χ2n) is 4.09. The normalized spacial score (nSPS) is 15.1. The van der Waals surface area contributed by atoms with Gasteiger partial charge in [0, 0.05) is 11.8 Å². The highest BCUT2D eigenvalue weighted by atomic mass is 16.6. The minimum atomic E-state index is -0.933. The van der Waals surface area contributed by atoms with E-state index in [1.807, 2.05) is 6.92 Å². The Bertz CT molecular complexity index is 462. The van der Waals surface area contributed by atoms with Gasteiger partial charge in [0.15, 0.2) is 11.5 Å². The predicted molar refractivity (Wildman–Crippen MR) is 65.9 cm³/mol. The Morgan fingerprint density at radius 3 is 2.67 bits per heavy atom.